The number of carbonyl (C=O) groups is 1. The molecule has 40 heavy (non-hydrogen) atoms. The van der Waals surface area contributed by atoms with Crippen molar-refractivity contribution in [3.8, 4) is 5.88 Å². The van der Waals surface area contributed by atoms with Crippen LogP contribution >= 0.6 is 0 Å². The van der Waals surface area contributed by atoms with E-state index in [0.717, 1.165) is 82.8 Å². The summed E-state index contributed by atoms with van der Waals surface area (Å²) in [7, 11) is 1.63. The number of likely N-dealkylation sites (tertiary alicyclic amines) is 2. The van der Waals surface area contributed by atoms with Crippen molar-refractivity contribution in [3.05, 3.63) is 47.9 Å². The van der Waals surface area contributed by atoms with E-state index in [2.05, 4.69) is 31.6 Å². The van der Waals surface area contributed by atoms with E-state index in [4.69, 9.17) is 4.74 Å². The molecule has 2 saturated heterocycles. The number of carboxylic acids is 1. The highest BCUT2D eigenvalue weighted by Crippen LogP contribution is 2.38. The minimum Gasteiger partial charge on any atom is -0.481 e. The fourth-order valence-electron chi connectivity index (χ4n) is 6.93. The Morgan fingerprint density at radius 3 is 2.65 bits per heavy atom. The molecule has 5 rings (SSSR count). The number of nitrogens with zero attached hydrogens (tertiary/aromatic N) is 5. The number of piperidine rings is 1. The second-order valence-electron chi connectivity index (χ2n) is 11.9. The number of halogens is 1. The fraction of sp³-hybridized carbons (Fsp3) is 0.645. The van der Waals surface area contributed by atoms with Crippen LogP contribution in [0.5, 0.6) is 5.88 Å². The molecule has 218 valence electrons. The van der Waals surface area contributed by atoms with Gasteiger partial charge >= 0.3 is 5.97 Å². The predicted molar refractivity (Wildman–Crippen MR) is 153 cm³/mol. The Morgan fingerprint density at radius 2 is 2.00 bits per heavy atom. The molecule has 0 amide bonds. The van der Waals surface area contributed by atoms with Gasteiger partial charge in [0, 0.05) is 63.5 Å². The fourth-order valence-corrected chi connectivity index (χ4v) is 6.93. The van der Waals surface area contributed by atoms with Gasteiger partial charge in [-0.25, -0.2) is 9.37 Å². The van der Waals surface area contributed by atoms with E-state index >= 15 is 0 Å². The molecule has 0 radical (unpaired) electrons. The van der Waals surface area contributed by atoms with Crippen molar-refractivity contribution in [3.63, 3.8) is 0 Å². The van der Waals surface area contributed by atoms with Gasteiger partial charge in [0.15, 0.2) is 0 Å². The SMILES string of the molecule is CCCN(c1nccc(OC)n1)C1CCN(CC2CN([C@H](CC3CCC3)C(=O)O)C[C@@H]2c2cccc(F)c2)CC1. The first-order chi connectivity index (χ1) is 19.4. The third-order valence-corrected chi connectivity index (χ3v) is 9.29. The van der Waals surface area contributed by atoms with Gasteiger partial charge in [-0.3, -0.25) is 9.69 Å². The summed E-state index contributed by atoms with van der Waals surface area (Å²) in [4.78, 5) is 28.5. The highest BCUT2D eigenvalue weighted by atomic mass is 19.1. The van der Waals surface area contributed by atoms with Gasteiger partial charge in [-0.1, -0.05) is 38.3 Å². The molecule has 1 aromatic heterocycles. The van der Waals surface area contributed by atoms with E-state index in [1.54, 1.807) is 31.5 Å². The molecular formula is C31H44FN5O3. The molecule has 0 bridgehead atoms. The average Bonchev–Trinajstić information content (AvgIpc) is 3.34. The molecule has 8 nitrogen and oxygen atoms in total. The number of hydrogen-bond donors (Lipinski definition) is 1. The zero-order chi connectivity index (χ0) is 28.1. The molecule has 9 heteroatoms. The van der Waals surface area contributed by atoms with Crippen LogP contribution < -0.4 is 9.64 Å². The number of aliphatic carboxylic acids is 1. The van der Waals surface area contributed by atoms with Crippen LogP contribution in [0.1, 0.15) is 63.4 Å². The zero-order valence-electron chi connectivity index (χ0n) is 23.9. The van der Waals surface area contributed by atoms with Gasteiger partial charge in [0.1, 0.15) is 11.9 Å². The van der Waals surface area contributed by atoms with Crippen LogP contribution in [0.2, 0.25) is 0 Å². The molecule has 0 spiro atoms. The van der Waals surface area contributed by atoms with Crippen LogP contribution in [-0.4, -0.2) is 89.3 Å². The first kappa shape index (κ1) is 28.7. The number of anilines is 1. The predicted octanol–water partition coefficient (Wildman–Crippen LogP) is 4.66. The Labute approximate surface area is 237 Å². The average molecular weight is 554 g/mol. The van der Waals surface area contributed by atoms with Crippen LogP contribution in [0, 0.1) is 17.7 Å². The van der Waals surface area contributed by atoms with Gasteiger partial charge in [0.25, 0.3) is 0 Å². The third kappa shape index (κ3) is 6.74. The van der Waals surface area contributed by atoms with E-state index in [0.29, 0.717) is 24.4 Å². The molecular weight excluding hydrogens is 509 g/mol. The van der Waals surface area contributed by atoms with E-state index in [1.165, 1.54) is 12.5 Å². The number of aromatic nitrogens is 2. The largest absolute Gasteiger partial charge is 0.481 e. The van der Waals surface area contributed by atoms with E-state index in [-0.39, 0.29) is 17.7 Å². The second kappa shape index (κ2) is 13.3. The first-order valence-electron chi connectivity index (χ1n) is 15.0. The van der Waals surface area contributed by atoms with Crippen molar-refractivity contribution in [1.29, 1.82) is 0 Å². The number of ether oxygens (including phenoxy) is 1. The Hall–Kier alpha value is -2.78. The Bertz CT molecular complexity index is 1120. The van der Waals surface area contributed by atoms with Gasteiger partial charge in [-0.2, -0.15) is 4.98 Å². The molecule has 1 unspecified atom stereocenters. The maximum Gasteiger partial charge on any atom is 0.320 e. The quantitative estimate of drug-likeness (QED) is 0.406. The molecule has 1 aromatic carbocycles. The van der Waals surface area contributed by atoms with Gasteiger partial charge in [-0.15, -0.1) is 0 Å². The number of hydrogen-bond acceptors (Lipinski definition) is 7. The third-order valence-electron chi connectivity index (χ3n) is 9.29. The van der Waals surface area contributed by atoms with Crippen molar-refractivity contribution in [1.82, 2.24) is 19.8 Å². The van der Waals surface area contributed by atoms with Gasteiger partial charge in [-0.05, 0) is 55.2 Å². The van der Waals surface area contributed by atoms with Crippen LogP contribution in [0.15, 0.2) is 36.5 Å². The van der Waals surface area contributed by atoms with Gasteiger partial charge in [0.2, 0.25) is 11.8 Å². The maximum atomic E-state index is 14.2. The maximum absolute atomic E-state index is 14.2. The van der Waals surface area contributed by atoms with Crippen LogP contribution in [0.4, 0.5) is 10.3 Å². The van der Waals surface area contributed by atoms with E-state index in [1.807, 2.05) is 6.07 Å². The summed E-state index contributed by atoms with van der Waals surface area (Å²) < 4.78 is 19.6. The Morgan fingerprint density at radius 1 is 1.20 bits per heavy atom. The van der Waals surface area contributed by atoms with Crippen molar-refractivity contribution in [2.45, 2.75) is 69.9 Å². The van der Waals surface area contributed by atoms with Crippen LogP contribution in [0.3, 0.4) is 0 Å². The number of carboxylic acid groups (broad SMARTS) is 1. The van der Waals surface area contributed by atoms with Gasteiger partial charge in [0.05, 0.1) is 7.11 Å². The summed E-state index contributed by atoms with van der Waals surface area (Å²) in [5, 5.41) is 10.1. The first-order valence-corrected chi connectivity index (χ1v) is 15.0. The summed E-state index contributed by atoms with van der Waals surface area (Å²) in [6.45, 7) is 7.31. The summed E-state index contributed by atoms with van der Waals surface area (Å²) in [5.41, 5.74) is 0.986. The van der Waals surface area contributed by atoms with Crippen molar-refractivity contribution in [2.75, 3.05) is 51.3 Å². The smallest absolute Gasteiger partial charge is 0.320 e. The van der Waals surface area contributed by atoms with Crippen LogP contribution in [-0.2, 0) is 4.79 Å². The number of benzene rings is 1. The summed E-state index contributed by atoms with van der Waals surface area (Å²) in [5.74, 6) is 1.26. The molecule has 3 fully saturated rings. The molecule has 2 aliphatic heterocycles. The van der Waals surface area contributed by atoms with Crippen molar-refractivity contribution >= 4 is 11.9 Å². The Balaban J connectivity index is 1.26. The minimum absolute atomic E-state index is 0.124. The lowest BCUT2D eigenvalue weighted by Crippen LogP contribution is -2.47. The van der Waals surface area contributed by atoms with Crippen molar-refractivity contribution < 1.29 is 19.0 Å². The van der Waals surface area contributed by atoms with E-state index < -0.39 is 12.0 Å². The lowest BCUT2D eigenvalue weighted by atomic mass is 9.80. The van der Waals surface area contributed by atoms with E-state index in [9.17, 15) is 14.3 Å². The highest BCUT2D eigenvalue weighted by Gasteiger charge is 2.41. The molecule has 1 N–H and O–H groups in total. The molecule has 1 saturated carbocycles. The second-order valence-corrected chi connectivity index (χ2v) is 11.9. The molecule has 2 aromatic rings. The lowest BCUT2D eigenvalue weighted by Gasteiger charge is -2.39. The normalized spacial score (nSPS) is 23.6. The summed E-state index contributed by atoms with van der Waals surface area (Å²) in [6.07, 6.45) is 9.01. The highest BCUT2D eigenvalue weighted by molar-refractivity contribution is 5.73. The number of methoxy groups -OCH3 is 1. The zero-order valence-corrected chi connectivity index (χ0v) is 23.9. The number of rotatable bonds is 12. The summed E-state index contributed by atoms with van der Waals surface area (Å²) >= 11 is 0. The topological polar surface area (TPSA) is 82.0 Å². The monoisotopic (exact) mass is 553 g/mol. The molecule has 3 atom stereocenters. The standard InChI is InChI=1S/C31H44FN5O3/c1-3-14-37(31-33-13-10-29(34-31)40-2)26-11-15-35(16-12-26)19-24-20-36(28(30(38)39)17-22-6-4-7-22)21-27(24)23-8-5-9-25(32)18-23/h5,8-10,13,18,22,24,26-28H,3-4,6-7,11-12,14-17,19-21H2,1-2H3,(H,38,39)/t24?,27-,28-/m1/s1. The molecule has 1 aliphatic carbocycles. The lowest BCUT2D eigenvalue weighted by molar-refractivity contribution is -0.144. The van der Waals surface area contributed by atoms with Crippen LogP contribution in [0.25, 0.3) is 0 Å². The summed E-state index contributed by atoms with van der Waals surface area (Å²) in [6, 6.07) is 8.60. The minimum atomic E-state index is -0.720. The van der Waals surface area contributed by atoms with Crippen molar-refractivity contribution in [2.24, 2.45) is 11.8 Å². The Kier molecular flexibility index (Phi) is 9.52. The molecule has 3 aliphatic rings. The van der Waals surface area contributed by atoms with Gasteiger partial charge < -0.3 is 19.6 Å². The molecule has 3 heterocycles.